The summed E-state index contributed by atoms with van der Waals surface area (Å²) in [6.45, 7) is 5.71. The molecular formula is C21H22ClN3O. The van der Waals surface area contributed by atoms with Gasteiger partial charge in [0.25, 0.3) is 0 Å². The van der Waals surface area contributed by atoms with Gasteiger partial charge >= 0.3 is 0 Å². The average molecular weight is 368 g/mol. The van der Waals surface area contributed by atoms with E-state index in [1.165, 1.54) is 0 Å². The van der Waals surface area contributed by atoms with Crippen LogP contribution in [0.15, 0.2) is 42.5 Å². The van der Waals surface area contributed by atoms with E-state index in [4.69, 9.17) is 16.6 Å². The zero-order chi connectivity index (χ0) is 18.3. The fraction of sp³-hybridized carbons (Fsp3) is 0.333. The highest BCUT2D eigenvalue weighted by Crippen LogP contribution is 2.34. The molecule has 1 aromatic heterocycles. The number of para-hydroxylation sites is 2. The standard InChI is InChI=1S/C21H22ClN3O/c1-3-10-24-19-7-5-4-6-18(19)23-21(24)15-12-20(26)25(13-15)16-8-9-17(22)14(2)11-16/h4-9,11,15H,3,10,12-13H2,1-2H3/t15-/m1/s1. The molecule has 0 bridgehead atoms. The van der Waals surface area contributed by atoms with Crippen LogP contribution in [-0.2, 0) is 11.3 Å². The number of halogens is 1. The molecule has 4 nitrogen and oxygen atoms in total. The molecule has 0 unspecified atom stereocenters. The van der Waals surface area contributed by atoms with Gasteiger partial charge in [-0.25, -0.2) is 4.98 Å². The summed E-state index contributed by atoms with van der Waals surface area (Å²) in [5.74, 6) is 1.28. The lowest BCUT2D eigenvalue weighted by atomic mass is 10.1. The molecule has 2 aromatic carbocycles. The Bertz CT molecular complexity index is 979. The lowest BCUT2D eigenvalue weighted by Gasteiger charge is -2.18. The molecule has 0 radical (unpaired) electrons. The average Bonchev–Trinajstić information content (AvgIpc) is 3.19. The van der Waals surface area contributed by atoms with Crippen LogP contribution in [0.1, 0.15) is 37.1 Å². The number of aryl methyl sites for hydroxylation is 2. The van der Waals surface area contributed by atoms with E-state index in [9.17, 15) is 4.79 Å². The van der Waals surface area contributed by atoms with Crippen molar-refractivity contribution in [2.75, 3.05) is 11.4 Å². The minimum atomic E-state index is 0.109. The van der Waals surface area contributed by atoms with Gasteiger partial charge in [0.15, 0.2) is 0 Å². The Morgan fingerprint density at radius 2 is 2.04 bits per heavy atom. The highest BCUT2D eigenvalue weighted by molar-refractivity contribution is 6.31. The van der Waals surface area contributed by atoms with Crippen molar-refractivity contribution in [2.45, 2.75) is 39.2 Å². The van der Waals surface area contributed by atoms with Crippen molar-refractivity contribution >= 4 is 34.2 Å². The predicted molar refractivity (Wildman–Crippen MR) is 106 cm³/mol. The van der Waals surface area contributed by atoms with Crippen LogP contribution in [0.3, 0.4) is 0 Å². The van der Waals surface area contributed by atoms with E-state index in [1.54, 1.807) is 0 Å². The van der Waals surface area contributed by atoms with Gasteiger partial charge in [0.2, 0.25) is 5.91 Å². The number of hydrogen-bond acceptors (Lipinski definition) is 2. The highest BCUT2D eigenvalue weighted by atomic mass is 35.5. The Hall–Kier alpha value is -2.33. The molecule has 0 aliphatic carbocycles. The zero-order valence-electron chi connectivity index (χ0n) is 15.1. The number of carbonyl (C=O) groups is 1. The molecule has 1 fully saturated rings. The Labute approximate surface area is 158 Å². The summed E-state index contributed by atoms with van der Waals surface area (Å²) in [7, 11) is 0. The quantitative estimate of drug-likeness (QED) is 0.655. The van der Waals surface area contributed by atoms with Gasteiger partial charge in [0, 0.05) is 36.1 Å². The summed E-state index contributed by atoms with van der Waals surface area (Å²) in [5.41, 5.74) is 4.05. The van der Waals surface area contributed by atoms with Gasteiger partial charge < -0.3 is 9.47 Å². The smallest absolute Gasteiger partial charge is 0.227 e. The maximum atomic E-state index is 12.7. The van der Waals surface area contributed by atoms with Crippen molar-refractivity contribution in [1.29, 1.82) is 0 Å². The van der Waals surface area contributed by atoms with E-state index >= 15 is 0 Å². The SMILES string of the molecule is CCCn1c([C@@H]2CC(=O)N(c3ccc(Cl)c(C)c3)C2)nc2ccccc21. The number of anilines is 1. The normalized spacial score (nSPS) is 17.4. The molecule has 1 aliphatic rings. The molecule has 3 aromatic rings. The van der Waals surface area contributed by atoms with Gasteiger partial charge in [0.1, 0.15) is 5.82 Å². The van der Waals surface area contributed by atoms with Gasteiger partial charge in [-0.15, -0.1) is 0 Å². The predicted octanol–water partition coefficient (Wildman–Crippen LogP) is 4.93. The summed E-state index contributed by atoms with van der Waals surface area (Å²) < 4.78 is 2.28. The molecule has 1 saturated heterocycles. The first-order valence-corrected chi connectivity index (χ1v) is 9.48. The lowest BCUT2D eigenvalue weighted by molar-refractivity contribution is -0.117. The largest absolute Gasteiger partial charge is 0.328 e. The van der Waals surface area contributed by atoms with Crippen LogP contribution in [0.25, 0.3) is 11.0 Å². The van der Waals surface area contributed by atoms with Crippen LogP contribution in [0.2, 0.25) is 5.02 Å². The molecule has 0 spiro atoms. The Morgan fingerprint density at radius 3 is 2.81 bits per heavy atom. The molecule has 1 aliphatic heterocycles. The van der Waals surface area contributed by atoms with Crippen LogP contribution < -0.4 is 4.90 Å². The molecule has 0 saturated carbocycles. The second-order valence-corrected chi connectivity index (χ2v) is 7.36. The van der Waals surface area contributed by atoms with Crippen molar-refractivity contribution < 1.29 is 4.79 Å². The highest BCUT2D eigenvalue weighted by Gasteiger charge is 2.34. The number of imidazole rings is 1. The van der Waals surface area contributed by atoms with E-state index in [1.807, 2.05) is 48.2 Å². The van der Waals surface area contributed by atoms with Gasteiger partial charge in [0.05, 0.1) is 11.0 Å². The number of nitrogens with zero attached hydrogens (tertiary/aromatic N) is 3. The van der Waals surface area contributed by atoms with Crippen LogP contribution in [-0.4, -0.2) is 22.0 Å². The number of hydrogen-bond donors (Lipinski definition) is 0. The first kappa shape index (κ1) is 17.1. The number of amides is 1. The molecule has 1 atom stereocenters. The minimum absolute atomic E-state index is 0.109. The Kier molecular flexibility index (Phi) is 4.45. The van der Waals surface area contributed by atoms with Crippen molar-refractivity contribution in [3.63, 3.8) is 0 Å². The second-order valence-electron chi connectivity index (χ2n) is 6.95. The molecular weight excluding hydrogens is 346 g/mol. The molecule has 134 valence electrons. The van der Waals surface area contributed by atoms with E-state index in [-0.39, 0.29) is 11.8 Å². The third-order valence-electron chi connectivity index (χ3n) is 5.07. The van der Waals surface area contributed by atoms with Gasteiger partial charge in [-0.1, -0.05) is 30.7 Å². The number of aromatic nitrogens is 2. The van der Waals surface area contributed by atoms with E-state index in [0.717, 1.165) is 46.1 Å². The number of rotatable bonds is 4. The van der Waals surface area contributed by atoms with Gasteiger partial charge in [-0.05, 0) is 49.2 Å². The minimum Gasteiger partial charge on any atom is -0.328 e. The van der Waals surface area contributed by atoms with Crippen LogP contribution in [0.5, 0.6) is 0 Å². The monoisotopic (exact) mass is 367 g/mol. The third kappa shape index (κ3) is 2.88. The maximum Gasteiger partial charge on any atom is 0.227 e. The van der Waals surface area contributed by atoms with Crippen LogP contribution >= 0.6 is 11.6 Å². The third-order valence-corrected chi connectivity index (χ3v) is 5.50. The van der Waals surface area contributed by atoms with Crippen LogP contribution in [0.4, 0.5) is 5.69 Å². The second kappa shape index (κ2) is 6.76. The summed E-state index contributed by atoms with van der Waals surface area (Å²) >= 11 is 6.13. The summed E-state index contributed by atoms with van der Waals surface area (Å²) in [6, 6.07) is 14.0. The zero-order valence-corrected chi connectivity index (χ0v) is 15.8. The Balaban J connectivity index is 1.69. The van der Waals surface area contributed by atoms with Crippen molar-refractivity contribution in [2.24, 2.45) is 0 Å². The molecule has 26 heavy (non-hydrogen) atoms. The maximum absolute atomic E-state index is 12.7. The summed E-state index contributed by atoms with van der Waals surface area (Å²) in [4.78, 5) is 19.4. The number of fused-ring (bicyclic) bond motifs is 1. The fourth-order valence-electron chi connectivity index (χ4n) is 3.79. The molecule has 0 N–H and O–H groups in total. The molecule has 2 heterocycles. The first-order valence-electron chi connectivity index (χ1n) is 9.10. The summed E-state index contributed by atoms with van der Waals surface area (Å²) in [5, 5.41) is 0.724. The van der Waals surface area contributed by atoms with Crippen LogP contribution in [0, 0.1) is 6.92 Å². The lowest BCUT2D eigenvalue weighted by Crippen LogP contribution is -2.24. The fourth-order valence-corrected chi connectivity index (χ4v) is 3.91. The van der Waals surface area contributed by atoms with Crippen molar-refractivity contribution in [3.8, 4) is 0 Å². The van der Waals surface area contributed by atoms with Crippen molar-refractivity contribution in [3.05, 3.63) is 58.9 Å². The van der Waals surface area contributed by atoms with E-state index in [2.05, 4.69) is 17.6 Å². The van der Waals surface area contributed by atoms with Gasteiger partial charge in [-0.3, -0.25) is 4.79 Å². The topological polar surface area (TPSA) is 38.1 Å². The number of carbonyl (C=O) groups excluding carboxylic acids is 1. The van der Waals surface area contributed by atoms with E-state index in [0.29, 0.717) is 13.0 Å². The van der Waals surface area contributed by atoms with Crippen molar-refractivity contribution in [1.82, 2.24) is 9.55 Å². The molecule has 5 heteroatoms. The molecule has 1 amide bonds. The van der Waals surface area contributed by atoms with Gasteiger partial charge in [-0.2, -0.15) is 0 Å². The van der Waals surface area contributed by atoms with E-state index < -0.39 is 0 Å². The Morgan fingerprint density at radius 1 is 1.23 bits per heavy atom. The summed E-state index contributed by atoms with van der Waals surface area (Å²) in [6.07, 6.45) is 1.53. The molecule has 4 rings (SSSR count). The first-order chi connectivity index (χ1) is 12.6. The number of benzene rings is 2.